The number of aromatic nitrogens is 1. The highest BCUT2D eigenvalue weighted by Gasteiger charge is 2.29. The first-order chi connectivity index (χ1) is 11.2. The second kappa shape index (κ2) is 5.31. The highest BCUT2D eigenvalue weighted by molar-refractivity contribution is 6.15. The maximum atomic E-state index is 5.14. The molecule has 1 aromatic heterocycles. The molecule has 0 radical (unpaired) electrons. The number of rotatable bonds is 2. The lowest BCUT2D eigenvalue weighted by Gasteiger charge is -2.31. The molecule has 0 aliphatic carbocycles. The first-order valence-electron chi connectivity index (χ1n) is 8.22. The second-order valence-electron chi connectivity index (χ2n) is 6.56. The first-order valence-corrected chi connectivity index (χ1v) is 8.22. The fourth-order valence-corrected chi connectivity index (χ4v) is 3.32. The zero-order valence-corrected chi connectivity index (χ0v) is 13.6. The van der Waals surface area contributed by atoms with Crippen molar-refractivity contribution in [2.75, 3.05) is 0 Å². The molecule has 1 atom stereocenters. The van der Waals surface area contributed by atoms with Crippen molar-refractivity contribution < 1.29 is 0 Å². The van der Waals surface area contributed by atoms with Gasteiger partial charge < -0.3 is 0 Å². The van der Waals surface area contributed by atoms with E-state index in [1.807, 2.05) is 12.3 Å². The van der Waals surface area contributed by atoms with Crippen LogP contribution in [-0.4, -0.2) is 16.2 Å². The molecule has 1 aliphatic rings. The zero-order valence-electron chi connectivity index (χ0n) is 13.6. The van der Waals surface area contributed by atoms with Crippen LogP contribution >= 0.6 is 0 Å². The number of hydrogen-bond donors (Lipinski definition) is 0. The number of benzene rings is 2. The van der Waals surface area contributed by atoms with Crippen LogP contribution in [-0.2, 0) is 6.42 Å². The Morgan fingerprint density at radius 2 is 1.91 bits per heavy atom. The fourth-order valence-electron chi connectivity index (χ4n) is 3.32. The Balaban J connectivity index is 1.93. The van der Waals surface area contributed by atoms with E-state index in [4.69, 9.17) is 4.99 Å². The number of pyridine rings is 1. The molecular formula is C21H20N2. The summed E-state index contributed by atoms with van der Waals surface area (Å²) in [4.78, 5) is 9.63. The summed E-state index contributed by atoms with van der Waals surface area (Å²) in [5, 5.41) is 1.17. The normalized spacial score (nSPS) is 20.2. The van der Waals surface area contributed by atoms with Gasteiger partial charge in [0.05, 0.1) is 16.8 Å². The molecular weight excluding hydrogens is 280 g/mol. The first kappa shape index (κ1) is 14.1. The minimum atomic E-state index is -0.0250. The summed E-state index contributed by atoms with van der Waals surface area (Å²) in [5.74, 6) is 0. The molecule has 114 valence electrons. The molecule has 2 nitrogen and oxygen atoms in total. The van der Waals surface area contributed by atoms with Crippen molar-refractivity contribution in [1.82, 2.24) is 4.98 Å². The van der Waals surface area contributed by atoms with Gasteiger partial charge in [0.2, 0.25) is 0 Å². The molecule has 0 saturated heterocycles. The monoisotopic (exact) mass is 300 g/mol. The average Bonchev–Trinajstić information content (AvgIpc) is 2.60. The number of nitrogens with zero attached hydrogens (tertiary/aromatic N) is 2. The van der Waals surface area contributed by atoms with Crippen LogP contribution < -0.4 is 0 Å². The molecule has 0 amide bonds. The summed E-state index contributed by atoms with van der Waals surface area (Å²) in [6.07, 6.45) is 3.89. The standard InChI is InChI=1S/C21H20N2/c1-3-21(2)14-17-7-4-5-9-18(17)20(23-21)16-11-10-15-8-6-12-22-19(15)13-16/h4-13H,3,14H2,1-2H3. The molecule has 0 bridgehead atoms. The van der Waals surface area contributed by atoms with Gasteiger partial charge in [0, 0.05) is 22.7 Å². The van der Waals surface area contributed by atoms with Crippen molar-refractivity contribution in [2.45, 2.75) is 32.2 Å². The molecule has 0 spiro atoms. The van der Waals surface area contributed by atoms with Crippen molar-refractivity contribution in [3.63, 3.8) is 0 Å². The minimum absolute atomic E-state index is 0.0250. The third kappa shape index (κ3) is 2.44. The number of hydrogen-bond acceptors (Lipinski definition) is 2. The maximum absolute atomic E-state index is 5.14. The van der Waals surface area contributed by atoms with E-state index >= 15 is 0 Å². The molecule has 1 unspecified atom stereocenters. The SMILES string of the molecule is CCC1(C)Cc2ccccc2C(c2ccc3cccnc3c2)=N1. The van der Waals surface area contributed by atoms with E-state index in [2.05, 4.69) is 67.4 Å². The van der Waals surface area contributed by atoms with Gasteiger partial charge >= 0.3 is 0 Å². The van der Waals surface area contributed by atoms with E-state index in [1.165, 1.54) is 16.5 Å². The van der Waals surface area contributed by atoms with Gasteiger partial charge in [-0.1, -0.05) is 49.4 Å². The third-order valence-corrected chi connectivity index (χ3v) is 4.87. The Bertz CT molecular complexity index is 910. The summed E-state index contributed by atoms with van der Waals surface area (Å²) in [6, 6.07) is 19.2. The Morgan fingerprint density at radius 1 is 1.04 bits per heavy atom. The van der Waals surface area contributed by atoms with E-state index in [0.717, 1.165) is 29.6 Å². The molecule has 0 saturated carbocycles. The van der Waals surface area contributed by atoms with Crippen LogP contribution in [0.4, 0.5) is 0 Å². The summed E-state index contributed by atoms with van der Waals surface area (Å²) in [5.41, 5.74) is 5.90. The Labute approximate surface area is 136 Å². The second-order valence-corrected chi connectivity index (χ2v) is 6.56. The van der Waals surface area contributed by atoms with E-state index in [1.54, 1.807) is 0 Å². The molecule has 3 aromatic rings. The van der Waals surface area contributed by atoms with Gasteiger partial charge in [-0.3, -0.25) is 9.98 Å². The topological polar surface area (TPSA) is 25.2 Å². The summed E-state index contributed by atoms with van der Waals surface area (Å²) >= 11 is 0. The van der Waals surface area contributed by atoms with E-state index in [-0.39, 0.29) is 5.54 Å². The number of fused-ring (bicyclic) bond motifs is 2. The van der Waals surface area contributed by atoms with Crippen molar-refractivity contribution >= 4 is 16.6 Å². The van der Waals surface area contributed by atoms with E-state index in [0.29, 0.717) is 0 Å². The minimum Gasteiger partial charge on any atom is -0.277 e. The van der Waals surface area contributed by atoms with E-state index in [9.17, 15) is 0 Å². The fraction of sp³-hybridized carbons (Fsp3) is 0.238. The predicted octanol–water partition coefficient (Wildman–Crippen LogP) is 4.80. The highest BCUT2D eigenvalue weighted by atomic mass is 14.9. The third-order valence-electron chi connectivity index (χ3n) is 4.87. The lowest BCUT2D eigenvalue weighted by molar-refractivity contribution is 0.448. The van der Waals surface area contributed by atoms with Gasteiger partial charge in [0.25, 0.3) is 0 Å². The molecule has 0 N–H and O–H groups in total. The largest absolute Gasteiger partial charge is 0.277 e. The molecule has 4 rings (SSSR count). The summed E-state index contributed by atoms with van der Waals surface area (Å²) < 4.78 is 0. The van der Waals surface area contributed by atoms with Crippen LogP contribution in [0, 0.1) is 0 Å². The Kier molecular flexibility index (Phi) is 3.26. The van der Waals surface area contributed by atoms with Gasteiger partial charge in [-0.15, -0.1) is 0 Å². The molecule has 0 fully saturated rings. The predicted molar refractivity (Wildman–Crippen MR) is 96.2 cm³/mol. The molecule has 2 aromatic carbocycles. The zero-order chi connectivity index (χ0) is 15.9. The lowest BCUT2D eigenvalue weighted by Crippen LogP contribution is -2.31. The molecule has 2 heteroatoms. The molecule has 1 aliphatic heterocycles. The van der Waals surface area contributed by atoms with Crippen LogP contribution in [0.2, 0.25) is 0 Å². The van der Waals surface area contributed by atoms with Crippen molar-refractivity contribution in [2.24, 2.45) is 4.99 Å². The van der Waals surface area contributed by atoms with Crippen LogP contribution in [0.5, 0.6) is 0 Å². The smallest absolute Gasteiger partial charge is 0.0729 e. The van der Waals surface area contributed by atoms with Crippen molar-refractivity contribution in [1.29, 1.82) is 0 Å². The van der Waals surface area contributed by atoms with Gasteiger partial charge in [-0.25, -0.2) is 0 Å². The Morgan fingerprint density at radius 3 is 2.78 bits per heavy atom. The number of aliphatic imine (C=N–C) groups is 1. The van der Waals surface area contributed by atoms with Crippen LogP contribution in [0.25, 0.3) is 10.9 Å². The van der Waals surface area contributed by atoms with Crippen LogP contribution in [0.1, 0.15) is 37.0 Å². The Hall–Kier alpha value is -2.48. The summed E-state index contributed by atoms with van der Waals surface area (Å²) in [7, 11) is 0. The van der Waals surface area contributed by atoms with Crippen LogP contribution in [0.15, 0.2) is 65.8 Å². The van der Waals surface area contributed by atoms with Gasteiger partial charge in [-0.2, -0.15) is 0 Å². The average molecular weight is 300 g/mol. The quantitative estimate of drug-likeness (QED) is 0.667. The van der Waals surface area contributed by atoms with E-state index < -0.39 is 0 Å². The van der Waals surface area contributed by atoms with Crippen LogP contribution in [0.3, 0.4) is 0 Å². The highest BCUT2D eigenvalue weighted by Crippen LogP contribution is 2.32. The molecule has 23 heavy (non-hydrogen) atoms. The van der Waals surface area contributed by atoms with Gasteiger partial charge in [-0.05, 0) is 37.5 Å². The van der Waals surface area contributed by atoms with Crippen molar-refractivity contribution in [3.8, 4) is 0 Å². The van der Waals surface area contributed by atoms with Gasteiger partial charge in [0.15, 0.2) is 0 Å². The summed E-state index contributed by atoms with van der Waals surface area (Å²) in [6.45, 7) is 4.47. The van der Waals surface area contributed by atoms with Gasteiger partial charge in [0.1, 0.15) is 0 Å². The lowest BCUT2D eigenvalue weighted by atomic mass is 9.82. The molecule has 2 heterocycles. The van der Waals surface area contributed by atoms with Crippen molar-refractivity contribution in [3.05, 3.63) is 77.5 Å². The maximum Gasteiger partial charge on any atom is 0.0729 e.